The number of carbonyl (C=O) groups excluding carboxylic acids is 1. The standard InChI is InChI=1S/C17H21N3O3S/c1-4-6-9-17(19-20-17)10-11-18-16(21)14-8-7-13(5-2)15(12-14)24(3,22)23/h1,7-8,12H,5-6,9-11H2,2-3H3,(H,18,21). The molecule has 0 atom stereocenters. The smallest absolute Gasteiger partial charge is 0.251 e. The van der Waals surface area contributed by atoms with Crippen LogP contribution in [-0.2, 0) is 16.3 Å². The summed E-state index contributed by atoms with van der Waals surface area (Å²) in [6, 6.07) is 4.76. The van der Waals surface area contributed by atoms with Gasteiger partial charge in [0.1, 0.15) is 0 Å². The maximum absolute atomic E-state index is 12.2. The van der Waals surface area contributed by atoms with Crippen LogP contribution in [0.2, 0.25) is 0 Å². The summed E-state index contributed by atoms with van der Waals surface area (Å²) < 4.78 is 23.7. The number of nitrogens with zero attached hydrogens (tertiary/aromatic N) is 2. The van der Waals surface area contributed by atoms with Gasteiger partial charge in [0.25, 0.3) is 5.91 Å². The molecule has 0 bridgehead atoms. The summed E-state index contributed by atoms with van der Waals surface area (Å²) in [6.45, 7) is 2.28. The number of rotatable bonds is 8. The molecule has 24 heavy (non-hydrogen) atoms. The summed E-state index contributed by atoms with van der Waals surface area (Å²) in [5.41, 5.74) is 0.594. The molecular weight excluding hydrogens is 326 g/mol. The van der Waals surface area contributed by atoms with E-state index >= 15 is 0 Å². The lowest BCUT2D eigenvalue weighted by Gasteiger charge is -2.11. The normalized spacial score (nSPS) is 14.9. The summed E-state index contributed by atoms with van der Waals surface area (Å²) in [4.78, 5) is 12.4. The topological polar surface area (TPSA) is 88.0 Å². The molecule has 7 heteroatoms. The molecule has 1 aliphatic rings. The van der Waals surface area contributed by atoms with Crippen LogP contribution in [0, 0.1) is 12.3 Å². The fourth-order valence-corrected chi connectivity index (χ4v) is 3.51. The van der Waals surface area contributed by atoms with Crippen LogP contribution in [0.3, 0.4) is 0 Å². The van der Waals surface area contributed by atoms with Crippen molar-refractivity contribution in [3.8, 4) is 12.3 Å². The van der Waals surface area contributed by atoms with Gasteiger partial charge in [-0.2, -0.15) is 10.2 Å². The first kappa shape index (κ1) is 18.1. The fourth-order valence-electron chi connectivity index (χ4n) is 2.48. The number of nitrogens with one attached hydrogen (secondary N) is 1. The Morgan fingerprint density at radius 3 is 2.58 bits per heavy atom. The minimum atomic E-state index is -3.37. The third kappa shape index (κ3) is 4.42. The van der Waals surface area contributed by atoms with Crippen molar-refractivity contribution in [3.05, 3.63) is 29.3 Å². The van der Waals surface area contributed by atoms with E-state index in [4.69, 9.17) is 6.42 Å². The molecule has 0 fully saturated rings. The van der Waals surface area contributed by atoms with Gasteiger partial charge in [0, 0.05) is 37.6 Å². The first-order chi connectivity index (χ1) is 11.3. The Bertz CT molecular complexity index is 801. The quantitative estimate of drug-likeness (QED) is 0.732. The second-order valence-electron chi connectivity index (χ2n) is 5.84. The Kier molecular flexibility index (Phi) is 5.40. The van der Waals surface area contributed by atoms with Gasteiger partial charge in [0.15, 0.2) is 15.5 Å². The van der Waals surface area contributed by atoms with Crippen LogP contribution >= 0.6 is 0 Å². The van der Waals surface area contributed by atoms with Gasteiger partial charge >= 0.3 is 0 Å². The van der Waals surface area contributed by atoms with Crippen molar-refractivity contribution in [3.63, 3.8) is 0 Å². The van der Waals surface area contributed by atoms with E-state index in [2.05, 4.69) is 21.5 Å². The zero-order valence-electron chi connectivity index (χ0n) is 13.9. The van der Waals surface area contributed by atoms with Crippen LogP contribution in [0.15, 0.2) is 33.3 Å². The second kappa shape index (κ2) is 7.14. The molecule has 1 aromatic carbocycles. The number of hydrogen-bond acceptors (Lipinski definition) is 5. The van der Waals surface area contributed by atoms with E-state index in [1.807, 2.05) is 6.92 Å². The van der Waals surface area contributed by atoms with E-state index in [1.54, 1.807) is 12.1 Å². The van der Waals surface area contributed by atoms with Crippen LogP contribution in [-0.4, -0.2) is 32.8 Å². The van der Waals surface area contributed by atoms with Gasteiger partial charge in [-0.1, -0.05) is 13.0 Å². The molecule has 0 saturated carbocycles. The SMILES string of the molecule is C#CCCC1(CCNC(=O)c2ccc(CC)c(S(C)(=O)=O)c2)N=N1. The first-order valence-electron chi connectivity index (χ1n) is 7.80. The van der Waals surface area contributed by atoms with Crippen LogP contribution in [0.5, 0.6) is 0 Å². The average Bonchev–Trinajstić information content (AvgIpc) is 3.31. The average molecular weight is 347 g/mol. The molecule has 0 saturated heterocycles. The van der Waals surface area contributed by atoms with Gasteiger partial charge in [0.2, 0.25) is 0 Å². The van der Waals surface area contributed by atoms with Crippen LogP contribution in [0.4, 0.5) is 0 Å². The molecule has 1 amide bonds. The van der Waals surface area contributed by atoms with Gasteiger partial charge in [-0.25, -0.2) is 8.42 Å². The summed E-state index contributed by atoms with van der Waals surface area (Å²) in [7, 11) is -3.37. The lowest BCUT2D eigenvalue weighted by Crippen LogP contribution is -2.28. The number of sulfone groups is 1. The molecule has 6 nitrogen and oxygen atoms in total. The number of benzene rings is 1. The van der Waals surface area contributed by atoms with E-state index in [-0.39, 0.29) is 10.8 Å². The number of carbonyl (C=O) groups is 1. The zero-order chi connectivity index (χ0) is 17.8. The zero-order valence-corrected chi connectivity index (χ0v) is 14.7. The number of aryl methyl sites for hydroxylation is 1. The molecule has 128 valence electrons. The number of terminal acetylenes is 1. The largest absolute Gasteiger partial charge is 0.352 e. The fraction of sp³-hybridized carbons (Fsp3) is 0.471. The Balaban J connectivity index is 1.99. The van der Waals surface area contributed by atoms with Crippen molar-refractivity contribution in [1.29, 1.82) is 0 Å². The van der Waals surface area contributed by atoms with E-state index in [0.717, 1.165) is 6.26 Å². The third-order valence-electron chi connectivity index (χ3n) is 3.97. The van der Waals surface area contributed by atoms with Crippen molar-refractivity contribution < 1.29 is 13.2 Å². The van der Waals surface area contributed by atoms with Gasteiger partial charge < -0.3 is 5.32 Å². The molecule has 0 radical (unpaired) electrons. The highest BCUT2D eigenvalue weighted by Crippen LogP contribution is 2.36. The van der Waals surface area contributed by atoms with Gasteiger partial charge in [-0.3, -0.25) is 4.79 Å². The minimum absolute atomic E-state index is 0.204. The van der Waals surface area contributed by atoms with Crippen LogP contribution < -0.4 is 5.32 Å². The van der Waals surface area contributed by atoms with Crippen LogP contribution in [0.1, 0.15) is 42.1 Å². The van der Waals surface area contributed by atoms with Crippen molar-refractivity contribution in [2.75, 3.05) is 12.8 Å². The second-order valence-corrected chi connectivity index (χ2v) is 7.82. The van der Waals surface area contributed by atoms with E-state index in [1.165, 1.54) is 6.07 Å². The molecule has 1 aromatic rings. The lowest BCUT2D eigenvalue weighted by molar-refractivity contribution is 0.0951. The summed E-state index contributed by atoms with van der Waals surface area (Å²) >= 11 is 0. The maximum atomic E-state index is 12.2. The van der Waals surface area contributed by atoms with Crippen LogP contribution in [0.25, 0.3) is 0 Å². The van der Waals surface area contributed by atoms with Gasteiger partial charge in [-0.15, -0.1) is 12.3 Å². The number of hydrogen-bond donors (Lipinski definition) is 1. The summed E-state index contributed by atoms with van der Waals surface area (Å²) in [5, 5.41) is 10.8. The highest BCUT2D eigenvalue weighted by molar-refractivity contribution is 7.90. The molecular formula is C17H21N3O3S. The van der Waals surface area contributed by atoms with Crippen molar-refractivity contribution in [1.82, 2.24) is 5.32 Å². The molecule has 0 spiro atoms. The van der Waals surface area contributed by atoms with Crippen molar-refractivity contribution in [2.45, 2.75) is 43.2 Å². The molecule has 0 aromatic heterocycles. The molecule has 1 N–H and O–H groups in total. The van der Waals surface area contributed by atoms with Gasteiger partial charge in [0.05, 0.1) is 4.90 Å². The predicted octanol–water partition coefficient (Wildman–Crippen LogP) is 2.35. The summed E-state index contributed by atoms with van der Waals surface area (Å²) in [5.74, 6) is 2.25. The molecule has 2 rings (SSSR count). The number of amides is 1. The lowest BCUT2D eigenvalue weighted by atomic mass is 10.0. The molecule has 1 heterocycles. The van der Waals surface area contributed by atoms with E-state index in [9.17, 15) is 13.2 Å². The molecule has 0 aliphatic carbocycles. The summed E-state index contributed by atoms with van der Waals surface area (Å²) in [6.07, 6.45) is 8.84. The Morgan fingerprint density at radius 1 is 1.33 bits per heavy atom. The predicted molar refractivity (Wildman–Crippen MR) is 91.5 cm³/mol. The highest BCUT2D eigenvalue weighted by atomic mass is 32.2. The molecule has 0 unspecified atom stereocenters. The maximum Gasteiger partial charge on any atom is 0.251 e. The monoisotopic (exact) mass is 347 g/mol. The minimum Gasteiger partial charge on any atom is -0.352 e. The Labute approximate surface area is 142 Å². The first-order valence-corrected chi connectivity index (χ1v) is 9.69. The highest BCUT2D eigenvalue weighted by Gasteiger charge is 2.38. The Hall–Kier alpha value is -2.20. The Morgan fingerprint density at radius 2 is 2.04 bits per heavy atom. The van der Waals surface area contributed by atoms with Crippen molar-refractivity contribution >= 4 is 15.7 Å². The van der Waals surface area contributed by atoms with Crippen molar-refractivity contribution in [2.24, 2.45) is 10.2 Å². The third-order valence-corrected chi connectivity index (χ3v) is 5.15. The van der Waals surface area contributed by atoms with Gasteiger partial charge in [-0.05, 0) is 24.1 Å². The molecule has 1 aliphatic heterocycles. The van der Waals surface area contributed by atoms with E-state index < -0.39 is 15.5 Å². The van der Waals surface area contributed by atoms with E-state index in [0.29, 0.717) is 43.4 Å².